The van der Waals surface area contributed by atoms with Crippen molar-refractivity contribution in [1.29, 1.82) is 0 Å². The molecule has 3 aliphatic rings. The van der Waals surface area contributed by atoms with Crippen LogP contribution in [-0.4, -0.2) is 45.6 Å². The number of aliphatic hydroxyl groups excluding tert-OH is 1. The van der Waals surface area contributed by atoms with E-state index >= 15 is 0 Å². The van der Waals surface area contributed by atoms with Crippen molar-refractivity contribution in [1.82, 2.24) is 14.7 Å². The molecule has 0 aromatic carbocycles. The highest BCUT2D eigenvalue weighted by Gasteiger charge is 2.33. The van der Waals surface area contributed by atoms with E-state index in [-0.39, 0.29) is 6.10 Å². The van der Waals surface area contributed by atoms with Crippen LogP contribution in [0, 0.1) is 5.92 Å². The van der Waals surface area contributed by atoms with E-state index in [1.165, 1.54) is 5.69 Å². The van der Waals surface area contributed by atoms with Crippen molar-refractivity contribution in [3.05, 3.63) is 17.5 Å². The highest BCUT2D eigenvalue weighted by Crippen LogP contribution is 2.40. The van der Waals surface area contributed by atoms with Gasteiger partial charge in [0.25, 0.3) is 0 Å². The zero-order valence-electron chi connectivity index (χ0n) is 12.6. The van der Waals surface area contributed by atoms with E-state index < -0.39 is 0 Å². The van der Waals surface area contributed by atoms with E-state index in [2.05, 4.69) is 20.7 Å². The first kappa shape index (κ1) is 13.7. The Bertz CT molecular complexity index is 492. The lowest BCUT2D eigenvalue weighted by Crippen LogP contribution is -2.39. The summed E-state index contributed by atoms with van der Waals surface area (Å²) in [4.78, 5) is 2.59. The molecule has 5 nitrogen and oxygen atoms in total. The molecule has 1 aromatic heterocycles. The van der Waals surface area contributed by atoms with Gasteiger partial charge in [0.15, 0.2) is 0 Å². The van der Waals surface area contributed by atoms with Gasteiger partial charge in [-0.3, -0.25) is 9.58 Å². The van der Waals surface area contributed by atoms with Crippen LogP contribution in [0.4, 0.5) is 0 Å². The summed E-state index contributed by atoms with van der Waals surface area (Å²) in [6, 6.07) is 2.79. The highest BCUT2D eigenvalue weighted by molar-refractivity contribution is 5.15. The van der Waals surface area contributed by atoms with Crippen LogP contribution in [0.15, 0.2) is 6.07 Å². The molecule has 1 atom stereocenters. The number of fused-ring (bicyclic) bond motifs is 1. The SMILES string of the molecule is OC(c1cc2n(n1)CCCN(C1CCOCC1)C2)C1CC1. The van der Waals surface area contributed by atoms with Gasteiger partial charge in [0.05, 0.1) is 11.4 Å². The molecule has 1 aliphatic carbocycles. The number of ether oxygens (including phenoxy) is 1. The third-order valence-electron chi connectivity index (χ3n) is 5.14. The summed E-state index contributed by atoms with van der Waals surface area (Å²) in [6.45, 7) is 4.88. The predicted octanol–water partition coefficient (Wildman–Crippen LogP) is 1.71. The fourth-order valence-electron chi connectivity index (χ4n) is 3.67. The van der Waals surface area contributed by atoms with E-state index in [1.807, 2.05) is 0 Å². The lowest BCUT2D eigenvalue weighted by atomic mass is 10.1. The average Bonchev–Trinajstić information content (AvgIpc) is 3.32. The lowest BCUT2D eigenvalue weighted by Gasteiger charge is -2.33. The number of aryl methyl sites for hydroxylation is 1. The molecule has 116 valence electrons. The number of nitrogens with zero attached hydrogens (tertiary/aromatic N) is 3. The smallest absolute Gasteiger partial charge is 0.101 e. The summed E-state index contributed by atoms with van der Waals surface area (Å²) in [5.74, 6) is 0.454. The van der Waals surface area contributed by atoms with E-state index in [1.54, 1.807) is 0 Å². The van der Waals surface area contributed by atoms with Crippen LogP contribution < -0.4 is 0 Å². The molecule has 1 unspecified atom stereocenters. The van der Waals surface area contributed by atoms with Crippen LogP contribution in [0.2, 0.25) is 0 Å². The van der Waals surface area contributed by atoms with Crippen molar-refractivity contribution in [3.8, 4) is 0 Å². The van der Waals surface area contributed by atoms with Crippen molar-refractivity contribution >= 4 is 0 Å². The standard InChI is InChI=1S/C16H25N3O2/c20-16(12-2-3-12)15-10-14-11-18(6-1-7-19(14)17-15)13-4-8-21-9-5-13/h10,12-13,16,20H,1-9,11H2. The van der Waals surface area contributed by atoms with Crippen molar-refractivity contribution in [3.63, 3.8) is 0 Å². The summed E-state index contributed by atoms with van der Waals surface area (Å²) < 4.78 is 7.61. The lowest BCUT2D eigenvalue weighted by molar-refractivity contribution is 0.0315. The second-order valence-electron chi connectivity index (χ2n) is 6.73. The zero-order chi connectivity index (χ0) is 14.2. The van der Waals surface area contributed by atoms with Gasteiger partial charge in [0.1, 0.15) is 6.10 Å². The van der Waals surface area contributed by atoms with Crippen LogP contribution in [0.5, 0.6) is 0 Å². The normalized spacial score (nSPS) is 26.3. The number of aliphatic hydroxyl groups is 1. The van der Waals surface area contributed by atoms with Gasteiger partial charge in [-0.2, -0.15) is 5.10 Å². The monoisotopic (exact) mass is 291 g/mol. The predicted molar refractivity (Wildman–Crippen MR) is 78.8 cm³/mol. The van der Waals surface area contributed by atoms with Crippen LogP contribution in [-0.2, 0) is 17.8 Å². The Kier molecular flexibility index (Phi) is 3.73. The summed E-state index contributed by atoms with van der Waals surface area (Å²) in [5.41, 5.74) is 2.16. The first-order valence-electron chi connectivity index (χ1n) is 8.38. The third-order valence-corrected chi connectivity index (χ3v) is 5.14. The van der Waals surface area contributed by atoms with Gasteiger partial charge in [-0.15, -0.1) is 0 Å². The van der Waals surface area contributed by atoms with Crippen molar-refractivity contribution in [2.75, 3.05) is 19.8 Å². The molecule has 1 saturated heterocycles. The van der Waals surface area contributed by atoms with E-state index in [9.17, 15) is 5.11 Å². The van der Waals surface area contributed by atoms with Gasteiger partial charge in [-0.25, -0.2) is 0 Å². The zero-order valence-corrected chi connectivity index (χ0v) is 12.6. The van der Waals surface area contributed by atoms with E-state index in [4.69, 9.17) is 4.74 Å². The fourth-order valence-corrected chi connectivity index (χ4v) is 3.67. The van der Waals surface area contributed by atoms with E-state index in [0.29, 0.717) is 12.0 Å². The van der Waals surface area contributed by atoms with Gasteiger partial charge in [0, 0.05) is 38.9 Å². The van der Waals surface area contributed by atoms with Gasteiger partial charge >= 0.3 is 0 Å². The van der Waals surface area contributed by atoms with E-state index in [0.717, 1.165) is 70.6 Å². The number of rotatable bonds is 3. The Morgan fingerprint density at radius 3 is 2.76 bits per heavy atom. The summed E-state index contributed by atoms with van der Waals surface area (Å²) in [5, 5.41) is 15.0. The summed E-state index contributed by atoms with van der Waals surface area (Å²) in [6.07, 6.45) is 5.39. The molecule has 2 fully saturated rings. The van der Waals surface area contributed by atoms with Crippen LogP contribution in [0.3, 0.4) is 0 Å². The maximum absolute atomic E-state index is 10.3. The Balaban J connectivity index is 1.50. The van der Waals surface area contributed by atoms with Crippen molar-refractivity contribution in [2.24, 2.45) is 5.92 Å². The van der Waals surface area contributed by atoms with Gasteiger partial charge in [-0.05, 0) is 44.1 Å². The summed E-state index contributed by atoms with van der Waals surface area (Å²) in [7, 11) is 0. The average molecular weight is 291 g/mol. The molecule has 3 heterocycles. The molecule has 0 spiro atoms. The van der Waals surface area contributed by atoms with Gasteiger partial charge < -0.3 is 9.84 Å². The number of aromatic nitrogens is 2. The van der Waals surface area contributed by atoms with Crippen LogP contribution >= 0.6 is 0 Å². The minimum absolute atomic E-state index is 0.346. The van der Waals surface area contributed by atoms with Gasteiger partial charge in [0.2, 0.25) is 0 Å². The third kappa shape index (κ3) is 2.87. The second kappa shape index (κ2) is 5.71. The minimum Gasteiger partial charge on any atom is -0.386 e. The molecule has 0 bridgehead atoms. The summed E-state index contributed by atoms with van der Waals surface area (Å²) >= 11 is 0. The van der Waals surface area contributed by atoms with Crippen molar-refractivity contribution < 1.29 is 9.84 Å². The molecule has 4 rings (SSSR count). The highest BCUT2D eigenvalue weighted by atomic mass is 16.5. The molecular weight excluding hydrogens is 266 g/mol. The second-order valence-corrected chi connectivity index (χ2v) is 6.73. The Morgan fingerprint density at radius 2 is 2.00 bits per heavy atom. The fraction of sp³-hybridized carbons (Fsp3) is 0.812. The molecule has 21 heavy (non-hydrogen) atoms. The van der Waals surface area contributed by atoms with Gasteiger partial charge in [-0.1, -0.05) is 0 Å². The quantitative estimate of drug-likeness (QED) is 0.921. The number of hydrogen-bond acceptors (Lipinski definition) is 4. The van der Waals surface area contributed by atoms with Crippen LogP contribution in [0.25, 0.3) is 0 Å². The first-order chi connectivity index (χ1) is 10.3. The molecule has 0 amide bonds. The van der Waals surface area contributed by atoms with Crippen LogP contribution in [0.1, 0.15) is 49.6 Å². The molecule has 2 aliphatic heterocycles. The Morgan fingerprint density at radius 1 is 1.19 bits per heavy atom. The Labute approximate surface area is 125 Å². The molecule has 0 radical (unpaired) electrons. The molecule has 1 N–H and O–H groups in total. The first-order valence-corrected chi connectivity index (χ1v) is 8.38. The molecule has 1 saturated carbocycles. The maximum atomic E-state index is 10.3. The molecular formula is C16H25N3O2. The molecule has 5 heteroatoms. The number of hydrogen-bond donors (Lipinski definition) is 1. The molecule has 1 aromatic rings. The maximum Gasteiger partial charge on any atom is 0.101 e. The van der Waals surface area contributed by atoms with Crippen molar-refractivity contribution in [2.45, 2.75) is 57.3 Å². The minimum atomic E-state index is -0.346. The topological polar surface area (TPSA) is 50.5 Å². The Hall–Kier alpha value is -0.910. The largest absolute Gasteiger partial charge is 0.386 e.